The maximum Gasteiger partial charge on any atom is 0.260 e. The third kappa shape index (κ3) is 15.5. The van der Waals surface area contributed by atoms with Gasteiger partial charge >= 0.3 is 0 Å². The fourth-order valence-electron chi connectivity index (χ4n) is 5.20. The average Bonchev–Trinajstić information content (AvgIpc) is 3.65. The number of nitrogens with zero attached hydrogens (tertiary/aromatic N) is 2. The standard InChI is InChI=1S/C18H21N3O3.C14H19NO3.C7H17N.C2H6/c1-12-16(18(24)20(12)2)14-7-5-13(6-8-14)10-19-17(23)15-4-3-9-21(15)11-22;16-9-11-18-10-3-1-2-8-15-14-6-4-13(12-17)5-7-14;1-6(8-5)7(2,3)4;1-2/h5-8,11,15H,3-4,9-10H2,1-2H3,(H,19,23);4-7,9,12,15H,1-3,8,10-11H2;6,8H,1-5H3;1-2H3. The third-order valence-electron chi connectivity index (χ3n) is 9.08. The number of likely N-dealkylation sites (tertiary alicyclic amines) is 1. The van der Waals surface area contributed by atoms with E-state index in [-0.39, 0.29) is 24.5 Å². The van der Waals surface area contributed by atoms with Crippen molar-refractivity contribution in [3.63, 3.8) is 0 Å². The number of ether oxygens (including phenoxy) is 1. The van der Waals surface area contributed by atoms with Gasteiger partial charge in [-0.05, 0) is 93.8 Å². The minimum Gasteiger partial charge on any atom is -0.385 e. The van der Waals surface area contributed by atoms with Gasteiger partial charge in [-0.15, -0.1) is 0 Å². The van der Waals surface area contributed by atoms with Gasteiger partial charge in [-0.3, -0.25) is 19.2 Å². The predicted molar refractivity (Wildman–Crippen MR) is 210 cm³/mol. The van der Waals surface area contributed by atoms with Gasteiger partial charge in [0.15, 0.2) is 0 Å². The molecule has 2 aromatic rings. The quantitative estimate of drug-likeness (QED) is 0.140. The number of likely N-dealkylation sites (N-methyl/N-ethyl adjacent to an activating group) is 1. The molecule has 0 saturated carbocycles. The van der Waals surface area contributed by atoms with Crippen molar-refractivity contribution >= 4 is 42.1 Å². The first-order valence-electron chi connectivity index (χ1n) is 18.4. The zero-order valence-corrected chi connectivity index (χ0v) is 32.9. The van der Waals surface area contributed by atoms with Gasteiger partial charge in [0.2, 0.25) is 12.3 Å². The number of anilines is 1. The molecule has 0 aliphatic carbocycles. The summed E-state index contributed by atoms with van der Waals surface area (Å²) in [4.78, 5) is 58.6. The number of carbonyl (C=O) groups excluding carboxylic acids is 5. The maximum absolute atomic E-state index is 12.2. The van der Waals surface area contributed by atoms with E-state index in [1.54, 1.807) is 29.0 Å². The summed E-state index contributed by atoms with van der Waals surface area (Å²) in [6.45, 7) is 17.6. The first kappa shape index (κ1) is 45.7. The van der Waals surface area contributed by atoms with E-state index in [0.29, 0.717) is 43.1 Å². The van der Waals surface area contributed by atoms with Gasteiger partial charge in [0.05, 0.1) is 5.57 Å². The Morgan fingerprint density at radius 2 is 1.65 bits per heavy atom. The topological polar surface area (TPSA) is 137 Å². The van der Waals surface area contributed by atoms with Crippen LogP contribution in [-0.2, 0) is 30.5 Å². The Labute approximate surface area is 311 Å². The predicted octanol–water partition coefficient (Wildman–Crippen LogP) is 6.09. The van der Waals surface area contributed by atoms with E-state index in [1.807, 2.05) is 64.2 Å². The summed E-state index contributed by atoms with van der Waals surface area (Å²) in [7, 11) is 3.76. The number of allylic oxidation sites excluding steroid dienone is 1. The molecule has 2 heterocycles. The molecule has 0 radical (unpaired) electrons. The molecule has 1 saturated heterocycles. The van der Waals surface area contributed by atoms with Crippen LogP contribution in [0.5, 0.6) is 0 Å². The fraction of sp³-hybridized carbons (Fsp3) is 0.537. The summed E-state index contributed by atoms with van der Waals surface area (Å²) in [6.07, 6.45) is 7.02. The van der Waals surface area contributed by atoms with E-state index in [0.717, 1.165) is 79.3 Å². The Kier molecular flexibility index (Phi) is 21.8. The Hall–Kier alpha value is -4.35. The molecule has 2 aliphatic heterocycles. The lowest BCUT2D eigenvalue weighted by atomic mass is 9.88. The normalized spacial score (nSPS) is 15.4. The number of unbranched alkanes of at least 4 members (excludes halogenated alkanes) is 2. The van der Waals surface area contributed by atoms with Gasteiger partial charge in [-0.1, -0.05) is 58.9 Å². The van der Waals surface area contributed by atoms with Crippen LogP contribution in [-0.4, -0.2) is 93.1 Å². The monoisotopic (exact) mass is 721 g/mol. The summed E-state index contributed by atoms with van der Waals surface area (Å²) in [5, 5.41) is 9.37. The molecule has 2 aliphatic rings. The van der Waals surface area contributed by atoms with Crippen molar-refractivity contribution in [2.75, 3.05) is 45.7 Å². The molecule has 2 aromatic carbocycles. The average molecular weight is 722 g/mol. The van der Waals surface area contributed by atoms with Crippen LogP contribution in [0, 0.1) is 5.41 Å². The molecule has 11 heteroatoms. The molecule has 0 bridgehead atoms. The summed E-state index contributed by atoms with van der Waals surface area (Å²) in [6, 6.07) is 15.3. The highest BCUT2D eigenvalue weighted by atomic mass is 16.5. The molecule has 0 spiro atoms. The van der Waals surface area contributed by atoms with Crippen LogP contribution in [0.4, 0.5) is 5.69 Å². The van der Waals surface area contributed by atoms with Crippen molar-refractivity contribution in [2.45, 2.75) is 99.2 Å². The number of nitrogens with one attached hydrogen (secondary N) is 3. The number of benzene rings is 2. The van der Waals surface area contributed by atoms with E-state index >= 15 is 0 Å². The molecule has 2 atom stereocenters. The van der Waals surface area contributed by atoms with Crippen molar-refractivity contribution < 1.29 is 28.7 Å². The molecule has 0 aromatic heterocycles. The first-order valence-corrected chi connectivity index (χ1v) is 18.4. The Morgan fingerprint density at radius 1 is 1.00 bits per heavy atom. The number of rotatable bonds is 16. The Morgan fingerprint density at radius 3 is 2.17 bits per heavy atom. The molecule has 3 amide bonds. The highest BCUT2D eigenvalue weighted by Gasteiger charge is 2.31. The van der Waals surface area contributed by atoms with Crippen molar-refractivity contribution in [3.8, 4) is 0 Å². The smallest absolute Gasteiger partial charge is 0.260 e. The number of hydrogen-bond acceptors (Lipinski definition) is 8. The summed E-state index contributed by atoms with van der Waals surface area (Å²) >= 11 is 0. The zero-order valence-electron chi connectivity index (χ0n) is 32.9. The van der Waals surface area contributed by atoms with E-state index in [9.17, 15) is 24.0 Å². The van der Waals surface area contributed by atoms with Crippen LogP contribution in [0.15, 0.2) is 54.2 Å². The van der Waals surface area contributed by atoms with Crippen molar-refractivity contribution in [3.05, 3.63) is 70.9 Å². The fourth-order valence-corrected chi connectivity index (χ4v) is 5.20. The second kappa shape index (κ2) is 24.8. The Balaban J connectivity index is 0.000000426. The first-order chi connectivity index (χ1) is 24.9. The lowest BCUT2D eigenvalue weighted by molar-refractivity contribution is -0.131. The minimum atomic E-state index is -0.349. The van der Waals surface area contributed by atoms with Gasteiger partial charge in [-0.2, -0.15) is 0 Å². The van der Waals surface area contributed by atoms with Gasteiger partial charge in [0, 0.05) is 56.3 Å². The maximum atomic E-state index is 12.2. The summed E-state index contributed by atoms with van der Waals surface area (Å²) < 4.78 is 5.05. The molecule has 2 unspecified atom stereocenters. The van der Waals surface area contributed by atoms with Crippen LogP contribution in [0.3, 0.4) is 0 Å². The van der Waals surface area contributed by atoms with Gasteiger partial charge in [-0.25, -0.2) is 0 Å². The largest absolute Gasteiger partial charge is 0.385 e. The summed E-state index contributed by atoms with van der Waals surface area (Å²) in [5.74, 6) is -0.0817. The lowest BCUT2D eigenvalue weighted by Gasteiger charge is -2.31. The number of aldehydes is 2. The van der Waals surface area contributed by atoms with Crippen LogP contribution in [0.25, 0.3) is 5.57 Å². The van der Waals surface area contributed by atoms with Crippen LogP contribution in [0.1, 0.15) is 102 Å². The Bertz CT molecular complexity index is 1400. The van der Waals surface area contributed by atoms with Gasteiger partial charge in [0.1, 0.15) is 25.2 Å². The minimum absolute atomic E-state index is 0.0312. The molecular weight excluding hydrogens is 658 g/mol. The van der Waals surface area contributed by atoms with Crippen LogP contribution in [0.2, 0.25) is 0 Å². The number of amides is 3. The van der Waals surface area contributed by atoms with E-state index in [4.69, 9.17) is 4.74 Å². The molecule has 52 heavy (non-hydrogen) atoms. The van der Waals surface area contributed by atoms with Crippen molar-refractivity contribution in [1.29, 1.82) is 0 Å². The molecule has 11 nitrogen and oxygen atoms in total. The zero-order chi connectivity index (χ0) is 39.1. The third-order valence-corrected chi connectivity index (χ3v) is 9.08. The van der Waals surface area contributed by atoms with E-state index in [2.05, 4.69) is 43.6 Å². The lowest BCUT2D eigenvalue weighted by Crippen LogP contribution is -2.42. The number of carbonyl (C=O) groups is 5. The highest BCUT2D eigenvalue weighted by Crippen LogP contribution is 2.31. The van der Waals surface area contributed by atoms with Gasteiger partial charge in [0.25, 0.3) is 5.91 Å². The van der Waals surface area contributed by atoms with Crippen LogP contribution < -0.4 is 16.0 Å². The van der Waals surface area contributed by atoms with Gasteiger partial charge < -0.3 is 35.3 Å². The van der Waals surface area contributed by atoms with Crippen molar-refractivity contribution in [2.24, 2.45) is 5.41 Å². The molecule has 3 N–H and O–H groups in total. The summed E-state index contributed by atoms with van der Waals surface area (Å²) in [5.41, 5.74) is 5.69. The molecular formula is C41H63N5O6. The second-order valence-electron chi connectivity index (χ2n) is 13.6. The second-order valence-corrected chi connectivity index (χ2v) is 13.6. The van der Waals surface area contributed by atoms with E-state index < -0.39 is 0 Å². The molecule has 1 fully saturated rings. The molecule has 288 valence electrons. The SMILES string of the molecule is CC.CC1=C(c2ccc(CNC(=O)C3CCCN3C=O)cc2)C(=O)N1C.CNC(C)C(C)(C)C.O=CCOCCCCCNc1ccc(C=O)cc1. The van der Waals surface area contributed by atoms with Crippen LogP contribution >= 0.6 is 0 Å². The van der Waals surface area contributed by atoms with Crippen molar-refractivity contribution in [1.82, 2.24) is 20.4 Å². The molecule has 4 rings (SSSR count). The van der Waals surface area contributed by atoms with E-state index in [1.165, 1.54) is 0 Å². The number of hydrogen-bond donors (Lipinski definition) is 3. The highest BCUT2D eigenvalue weighted by molar-refractivity contribution is 6.26.